The standard InChI is InChI=1S/C16H23N3O/c1-20-10-6-5-9-19-13-18-12-16(19)15(17)11-14-7-3-2-4-8-14/h2-4,7-8,12-13,15H,5-6,9-11,17H2,1H3/t15-/m1/s1. The molecular weight excluding hydrogens is 250 g/mol. The van der Waals surface area contributed by atoms with Crippen LogP contribution in [0.4, 0.5) is 0 Å². The first-order chi connectivity index (χ1) is 9.81. The summed E-state index contributed by atoms with van der Waals surface area (Å²) < 4.78 is 7.22. The normalized spacial score (nSPS) is 12.5. The van der Waals surface area contributed by atoms with Crippen LogP contribution in [-0.4, -0.2) is 23.3 Å². The van der Waals surface area contributed by atoms with E-state index in [9.17, 15) is 0 Å². The Morgan fingerprint density at radius 1 is 1.25 bits per heavy atom. The van der Waals surface area contributed by atoms with Gasteiger partial charge < -0.3 is 15.0 Å². The molecule has 1 aromatic heterocycles. The summed E-state index contributed by atoms with van der Waals surface area (Å²) in [6.07, 6.45) is 6.72. The van der Waals surface area contributed by atoms with Gasteiger partial charge in [0.2, 0.25) is 0 Å². The van der Waals surface area contributed by atoms with E-state index in [2.05, 4.69) is 21.7 Å². The summed E-state index contributed by atoms with van der Waals surface area (Å²) >= 11 is 0. The molecule has 0 fully saturated rings. The number of hydrogen-bond donors (Lipinski definition) is 1. The average molecular weight is 273 g/mol. The number of aryl methyl sites for hydroxylation is 1. The lowest BCUT2D eigenvalue weighted by Crippen LogP contribution is -2.18. The summed E-state index contributed by atoms with van der Waals surface area (Å²) in [4.78, 5) is 4.24. The maximum atomic E-state index is 6.32. The molecule has 0 amide bonds. The molecule has 108 valence electrons. The maximum absolute atomic E-state index is 6.32. The van der Waals surface area contributed by atoms with E-state index in [-0.39, 0.29) is 6.04 Å². The van der Waals surface area contributed by atoms with E-state index in [1.807, 2.05) is 30.7 Å². The number of nitrogens with zero attached hydrogens (tertiary/aromatic N) is 2. The monoisotopic (exact) mass is 273 g/mol. The zero-order valence-corrected chi connectivity index (χ0v) is 12.0. The Labute approximate surface area is 120 Å². The third-order valence-corrected chi connectivity index (χ3v) is 3.42. The molecule has 1 aromatic carbocycles. The van der Waals surface area contributed by atoms with Crippen LogP contribution in [0.2, 0.25) is 0 Å². The van der Waals surface area contributed by atoms with Crippen molar-refractivity contribution in [1.82, 2.24) is 9.55 Å². The topological polar surface area (TPSA) is 53.1 Å². The number of rotatable bonds is 8. The van der Waals surface area contributed by atoms with Crippen LogP contribution in [0.15, 0.2) is 42.9 Å². The van der Waals surface area contributed by atoms with Crippen LogP contribution in [0.5, 0.6) is 0 Å². The Hall–Kier alpha value is -1.65. The number of imidazole rings is 1. The molecule has 0 radical (unpaired) electrons. The summed E-state index contributed by atoms with van der Waals surface area (Å²) in [6.45, 7) is 1.75. The molecule has 4 nitrogen and oxygen atoms in total. The van der Waals surface area contributed by atoms with E-state index >= 15 is 0 Å². The average Bonchev–Trinajstić information content (AvgIpc) is 2.93. The zero-order chi connectivity index (χ0) is 14.2. The Morgan fingerprint density at radius 3 is 2.80 bits per heavy atom. The van der Waals surface area contributed by atoms with Gasteiger partial charge in [0.1, 0.15) is 0 Å². The lowest BCUT2D eigenvalue weighted by atomic mass is 10.0. The summed E-state index contributed by atoms with van der Waals surface area (Å²) in [7, 11) is 1.73. The molecule has 0 aliphatic rings. The van der Waals surface area contributed by atoms with Crippen molar-refractivity contribution in [2.24, 2.45) is 5.73 Å². The van der Waals surface area contributed by atoms with Gasteiger partial charge in [-0.25, -0.2) is 4.98 Å². The molecule has 0 spiro atoms. The fourth-order valence-corrected chi connectivity index (χ4v) is 2.33. The zero-order valence-electron chi connectivity index (χ0n) is 12.0. The van der Waals surface area contributed by atoms with Crippen molar-refractivity contribution in [3.8, 4) is 0 Å². The first-order valence-electron chi connectivity index (χ1n) is 7.09. The maximum Gasteiger partial charge on any atom is 0.0948 e. The minimum atomic E-state index is -0.0117. The van der Waals surface area contributed by atoms with E-state index in [0.717, 1.165) is 38.1 Å². The Kier molecular flexibility index (Phi) is 5.77. The van der Waals surface area contributed by atoms with Gasteiger partial charge in [-0.15, -0.1) is 0 Å². The molecule has 20 heavy (non-hydrogen) atoms. The van der Waals surface area contributed by atoms with Crippen LogP contribution in [-0.2, 0) is 17.7 Å². The molecule has 0 aliphatic carbocycles. The minimum Gasteiger partial charge on any atom is -0.385 e. The van der Waals surface area contributed by atoms with E-state index in [0.29, 0.717) is 0 Å². The lowest BCUT2D eigenvalue weighted by Gasteiger charge is -2.15. The fraction of sp³-hybridized carbons (Fsp3) is 0.438. The summed E-state index contributed by atoms with van der Waals surface area (Å²) in [5.74, 6) is 0. The molecule has 0 saturated carbocycles. The largest absolute Gasteiger partial charge is 0.385 e. The van der Waals surface area contributed by atoms with Gasteiger partial charge in [-0.2, -0.15) is 0 Å². The van der Waals surface area contributed by atoms with Crippen LogP contribution in [0.3, 0.4) is 0 Å². The first-order valence-corrected chi connectivity index (χ1v) is 7.09. The van der Waals surface area contributed by atoms with Crippen molar-refractivity contribution in [3.63, 3.8) is 0 Å². The number of nitrogens with two attached hydrogens (primary N) is 1. The van der Waals surface area contributed by atoms with Crippen molar-refractivity contribution in [1.29, 1.82) is 0 Å². The second kappa shape index (κ2) is 7.82. The lowest BCUT2D eigenvalue weighted by molar-refractivity contribution is 0.191. The molecule has 0 bridgehead atoms. The molecule has 0 unspecified atom stereocenters. The number of ether oxygens (including phenoxy) is 1. The Bertz CT molecular complexity index is 495. The number of methoxy groups -OCH3 is 1. The van der Waals surface area contributed by atoms with Gasteiger partial charge in [0.15, 0.2) is 0 Å². The number of aromatic nitrogens is 2. The highest BCUT2D eigenvalue weighted by atomic mass is 16.5. The first kappa shape index (κ1) is 14.8. The minimum absolute atomic E-state index is 0.0117. The molecule has 2 aromatic rings. The van der Waals surface area contributed by atoms with E-state index in [1.165, 1.54) is 5.56 Å². The molecular formula is C16H23N3O. The number of benzene rings is 1. The van der Waals surface area contributed by atoms with Crippen molar-refractivity contribution < 1.29 is 4.74 Å². The second-order valence-corrected chi connectivity index (χ2v) is 5.01. The number of hydrogen-bond acceptors (Lipinski definition) is 3. The van der Waals surface area contributed by atoms with Gasteiger partial charge in [-0.3, -0.25) is 0 Å². The fourth-order valence-electron chi connectivity index (χ4n) is 2.33. The van der Waals surface area contributed by atoms with Gasteiger partial charge >= 0.3 is 0 Å². The van der Waals surface area contributed by atoms with Crippen molar-refractivity contribution in [3.05, 3.63) is 54.1 Å². The van der Waals surface area contributed by atoms with Crippen LogP contribution < -0.4 is 5.73 Å². The molecule has 0 aliphatic heterocycles. The highest BCUT2D eigenvalue weighted by Gasteiger charge is 2.12. The van der Waals surface area contributed by atoms with Gasteiger partial charge in [0.05, 0.1) is 18.1 Å². The van der Waals surface area contributed by atoms with Crippen molar-refractivity contribution >= 4 is 0 Å². The van der Waals surface area contributed by atoms with E-state index in [4.69, 9.17) is 10.5 Å². The summed E-state index contributed by atoms with van der Waals surface area (Å²) in [6, 6.07) is 10.3. The van der Waals surface area contributed by atoms with Crippen molar-refractivity contribution in [2.75, 3.05) is 13.7 Å². The molecule has 2 N–H and O–H groups in total. The van der Waals surface area contributed by atoms with Crippen LogP contribution in [0.1, 0.15) is 30.1 Å². The predicted molar refractivity (Wildman–Crippen MR) is 80.4 cm³/mol. The summed E-state index contributed by atoms with van der Waals surface area (Å²) in [5, 5.41) is 0. The van der Waals surface area contributed by atoms with Crippen LogP contribution in [0.25, 0.3) is 0 Å². The van der Waals surface area contributed by atoms with E-state index in [1.54, 1.807) is 7.11 Å². The van der Waals surface area contributed by atoms with Crippen molar-refractivity contribution in [2.45, 2.75) is 31.8 Å². The smallest absolute Gasteiger partial charge is 0.0948 e. The van der Waals surface area contributed by atoms with E-state index < -0.39 is 0 Å². The molecule has 2 rings (SSSR count). The quantitative estimate of drug-likeness (QED) is 0.752. The SMILES string of the molecule is COCCCCn1cncc1[C@H](N)Cc1ccccc1. The van der Waals surface area contributed by atoms with Gasteiger partial charge in [-0.05, 0) is 24.8 Å². The Morgan fingerprint density at radius 2 is 2.05 bits per heavy atom. The Balaban J connectivity index is 1.93. The summed E-state index contributed by atoms with van der Waals surface area (Å²) in [5.41, 5.74) is 8.68. The van der Waals surface area contributed by atoms with Gasteiger partial charge in [-0.1, -0.05) is 30.3 Å². The predicted octanol–water partition coefficient (Wildman–Crippen LogP) is 2.55. The second-order valence-electron chi connectivity index (χ2n) is 5.01. The molecule has 0 saturated heterocycles. The van der Waals surface area contributed by atoms with Crippen LogP contribution in [0, 0.1) is 0 Å². The van der Waals surface area contributed by atoms with Crippen LogP contribution >= 0.6 is 0 Å². The number of unbranched alkanes of at least 4 members (excludes halogenated alkanes) is 1. The van der Waals surface area contributed by atoms with Gasteiger partial charge in [0, 0.05) is 26.5 Å². The molecule has 4 heteroatoms. The van der Waals surface area contributed by atoms with Gasteiger partial charge in [0.25, 0.3) is 0 Å². The highest BCUT2D eigenvalue weighted by molar-refractivity contribution is 5.18. The molecule has 1 atom stereocenters. The highest BCUT2D eigenvalue weighted by Crippen LogP contribution is 2.16. The molecule has 1 heterocycles. The third kappa shape index (κ3) is 4.18. The third-order valence-electron chi connectivity index (χ3n) is 3.42.